The third-order valence-electron chi connectivity index (χ3n) is 3.06. The zero-order chi connectivity index (χ0) is 12.5. The van der Waals surface area contributed by atoms with Gasteiger partial charge in [-0.3, -0.25) is 4.79 Å². The van der Waals surface area contributed by atoms with Gasteiger partial charge in [0.25, 0.3) is 0 Å². The Morgan fingerprint density at radius 2 is 2.24 bits per heavy atom. The van der Waals surface area contributed by atoms with E-state index >= 15 is 0 Å². The third kappa shape index (κ3) is 2.90. The van der Waals surface area contributed by atoms with Crippen molar-refractivity contribution in [2.24, 2.45) is 0 Å². The summed E-state index contributed by atoms with van der Waals surface area (Å²) in [6.07, 6.45) is 2.30. The number of methoxy groups -OCH3 is 1. The van der Waals surface area contributed by atoms with Crippen LogP contribution in [0.2, 0.25) is 0 Å². The van der Waals surface area contributed by atoms with Gasteiger partial charge >= 0.3 is 0 Å². The molecule has 0 bridgehead atoms. The van der Waals surface area contributed by atoms with E-state index in [4.69, 9.17) is 4.74 Å². The quantitative estimate of drug-likeness (QED) is 0.833. The van der Waals surface area contributed by atoms with Crippen molar-refractivity contribution in [3.63, 3.8) is 0 Å². The Hall–Kier alpha value is -1.71. The first-order valence-corrected chi connectivity index (χ1v) is 5.69. The molecule has 1 aliphatic carbocycles. The zero-order valence-electron chi connectivity index (χ0n) is 10.1. The average Bonchev–Trinajstić information content (AvgIpc) is 2.96. The largest absolute Gasteiger partial charge is 0.508 e. The fourth-order valence-corrected chi connectivity index (χ4v) is 1.77. The second-order valence-corrected chi connectivity index (χ2v) is 4.78. The van der Waals surface area contributed by atoms with Crippen molar-refractivity contribution in [1.29, 1.82) is 0 Å². The van der Waals surface area contributed by atoms with Crippen LogP contribution in [0.15, 0.2) is 18.2 Å². The van der Waals surface area contributed by atoms with Crippen LogP contribution in [0.4, 0.5) is 0 Å². The highest BCUT2D eigenvalue weighted by Gasteiger charge is 2.38. The maximum absolute atomic E-state index is 11.8. The Morgan fingerprint density at radius 3 is 2.82 bits per heavy atom. The molecule has 17 heavy (non-hydrogen) atoms. The van der Waals surface area contributed by atoms with E-state index in [0.29, 0.717) is 11.3 Å². The lowest BCUT2D eigenvalue weighted by Gasteiger charge is -2.13. The molecule has 2 N–H and O–H groups in total. The average molecular weight is 235 g/mol. The predicted molar refractivity (Wildman–Crippen MR) is 64.1 cm³/mol. The minimum Gasteiger partial charge on any atom is -0.508 e. The number of hydrogen-bond donors (Lipinski definition) is 2. The second-order valence-electron chi connectivity index (χ2n) is 4.78. The summed E-state index contributed by atoms with van der Waals surface area (Å²) in [6, 6.07) is 4.77. The molecule has 0 aromatic heterocycles. The molecule has 4 heteroatoms. The molecule has 0 radical (unpaired) electrons. The first-order valence-electron chi connectivity index (χ1n) is 5.69. The Balaban J connectivity index is 2.06. The number of phenols is 1. The number of rotatable bonds is 4. The summed E-state index contributed by atoms with van der Waals surface area (Å²) in [6.45, 7) is 2.03. The van der Waals surface area contributed by atoms with Gasteiger partial charge in [0.15, 0.2) is 0 Å². The Labute approximate surface area is 101 Å². The van der Waals surface area contributed by atoms with Gasteiger partial charge in [0.05, 0.1) is 13.5 Å². The Morgan fingerprint density at radius 1 is 1.53 bits per heavy atom. The van der Waals surface area contributed by atoms with Gasteiger partial charge < -0.3 is 15.2 Å². The van der Waals surface area contributed by atoms with Gasteiger partial charge in [-0.15, -0.1) is 0 Å². The molecule has 1 fully saturated rings. The lowest BCUT2D eigenvalue weighted by molar-refractivity contribution is -0.121. The van der Waals surface area contributed by atoms with Gasteiger partial charge in [-0.2, -0.15) is 0 Å². The lowest BCUT2D eigenvalue weighted by Crippen LogP contribution is -2.35. The smallest absolute Gasteiger partial charge is 0.224 e. The van der Waals surface area contributed by atoms with Crippen LogP contribution in [0.3, 0.4) is 0 Å². The van der Waals surface area contributed by atoms with Crippen LogP contribution in [0.5, 0.6) is 11.5 Å². The molecule has 1 aliphatic rings. The highest BCUT2D eigenvalue weighted by molar-refractivity contribution is 5.80. The van der Waals surface area contributed by atoms with Gasteiger partial charge in [0.2, 0.25) is 5.91 Å². The molecular weight excluding hydrogens is 218 g/mol. The summed E-state index contributed by atoms with van der Waals surface area (Å²) in [4.78, 5) is 11.8. The summed E-state index contributed by atoms with van der Waals surface area (Å²) in [7, 11) is 1.55. The molecule has 0 heterocycles. The highest BCUT2D eigenvalue weighted by Crippen LogP contribution is 2.34. The monoisotopic (exact) mass is 235 g/mol. The van der Waals surface area contributed by atoms with E-state index in [1.807, 2.05) is 6.92 Å². The molecule has 0 spiro atoms. The normalized spacial score (nSPS) is 16.4. The van der Waals surface area contributed by atoms with Crippen molar-refractivity contribution in [1.82, 2.24) is 5.32 Å². The summed E-state index contributed by atoms with van der Waals surface area (Å²) in [5, 5.41) is 12.4. The number of nitrogens with one attached hydrogen (secondary N) is 1. The van der Waals surface area contributed by atoms with Gasteiger partial charge in [-0.05, 0) is 38.0 Å². The number of phenolic OH excluding ortho intramolecular Hbond substituents is 1. The van der Waals surface area contributed by atoms with Crippen molar-refractivity contribution in [3.8, 4) is 11.5 Å². The van der Waals surface area contributed by atoms with E-state index in [0.717, 1.165) is 12.8 Å². The van der Waals surface area contributed by atoms with E-state index in [1.165, 1.54) is 0 Å². The van der Waals surface area contributed by atoms with Gasteiger partial charge in [0, 0.05) is 11.1 Å². The second kappa shape index (κ2) is 4.28. The molecule has 0 atom stereocenters. The van der Waals surface area contributed by atoms with Crippen LogP contribution in [0.1, 0.15) is 25.3 Å². The minimum absolute atomic E-state index is 0.0128. The Kier molecular flexibility index (Phi) is 2.96. The van der Waals surface area contributed by atoms with E-state index in [2.05, 4.69) is 5.32 Å². The number of hydrogen-bond acceptors (Lipinski definition) is 3. The fourth-order valence-electron chi connectivity index (χ4n) is 1.77. The summed E-state index contributed by atoms with van der Waals surface area (Å²) < 4.78 is 5.16. The molecule has 1 aromatic rings. The molecule has 0 saturated heterocycles. The number of carbonyl (C=O) groups is 1. The summed E-state index contributed by atoms with van der Waals surface area (Å²) in [5.74, 6) is 0.735. The fraction of sp³-hybridized carbons (Fsp3) is 0.462. The van der Waals surface area contributed by atoms with Crippen LogP contribution in [0.25, 0.3) is 0 Å². The van der Waals surface area contributed by atoms with Crippen molar-refractivity contribution >= 4 is 5.91 Å². The van der Waals surface area contributed by atoms with Crippen LogP contribution in [0, 0.1) is 0 Å². The Bertz CT molecular complexity index is 438. The maximum Gasteiger partial charge on any atom is 0.224 e. The molecule has 92 valence electrons. The zero-order valence-corrected chi connectivity index (χ0v) is 10.1. The van der Waals surface area contributed by atoms with Gasteiger partial charge in [-0.25, -0.2) is 0 Å². The van der Waals surface area contributed by atoms with E-state index in [-0.39, 0.29) is 23.6 Å². The molecule has 0 aliphatic heterocycles. The third-order valence-corrected chi connectivity index (χ3v) is 3.06. The van der Waals surface area contributed by atoms with Crippen LogP contribution in [-0.2, 0) is 11.2 Å². The summed E-state index contributed by atoms with van der Waals surface area (Å²) >= 11 is 0. The molecular formula is C13H17NO3. The predicted octanol–water partition coefficient (Wildman–Crippen LogP) is 1.61. The van der Waals surface area contributed by atoms with E-state index in [9.17, 15) is 9.90 Å². The van der Waals surface area contributed by atoms with E-state index in [1.54, 1.807) is 25.3 Å². The number of amides is 1. The number of carbonyl (C=O) groups excluding carboxylic acids is 1. The molecule has 0 unspecified atom stereocenters. The van der Waals surface area contributed by atoms with Crippen molar-refractivity contribution in [3.05, 3.63) is 23.8 Å². The van der Waals surface area contributed by atoms with E-state index < -0.39 is 0 Å². The molecule has 4 nitrogen and oxygen atoms in total. The molecule has 1 aromatic carbocycles. The van der Waals surface area contributed by atoms with Gasteiger partial charge in [-0.1, -0.05) is 0 Å². The topological polar surface area (TPSA) is 58.6 Å². The summed E-state index contributed by atoms with van der Waals surface area (Å²) in [5.41, 5.74) is 0.690. The molecule has 1 saturated carbocycles. The number of aromatic hydroxyl groups is 1. The highest BCUT2D eigenvalue weighted by atomic mass is 16.5. The lowest BCUT2D eigenvalue weighted by atomic mass is 10.1. The van der Waals surface area contributed by atoms with Crippen LogP contribution < -0.4 is 10.1 Å². The van der Waals surface area contributed by atoms with Crippen molar-refractivity contribution in [2.45, 2.75) is 31.7 Å². The number of benzene rings is 1. The van der Waals surface area contributed by atoms with Gasteiger partial charge in [0.1, 0.15) is 11.5 Å². The first kappa shape index (κ1) is 11.8. The van der Waals surface area contributed by atoms with Crippen molar-refractivity contribution < 1.29 is 14.6 Å². The number of ether oxygens (including phenoxy) is 1. The van der Waals surface area contributed by atoms with Crippen LogP contribution >= 0.6 is 0 Å². The van der Waals surface area contributed by atoms with Crippen LogP contribution in [-0.4, -0.2) is 23.7 Å². The standard InChI is InChI=1S/C13H17NO3/c1-13(5-6-13)14-12(16)8-9-7-10(15)3-4-11(9)17-2/h3-4,7,15H,5-6,8H2,1-2H3,(H,14,16). The minimum atomic E-state index is -0.0334. The SMILES string of the molecule is COc1ccc(O)cc1CC(=O)NC1(C)CC1. The maximum atomic E-state index is 11.8. The molecule has 1 amide bonds. The first-order chi connectivity index (χ1) is 8.02. The molecule has 2 rings (SSSR count). The van der Waals surface area contributed by atoms with Crippen molar-refractivity contribution in [2.75, 3.05) is 7.11 Å².